The fraction of sp³-hybridized carbons (Fsp3) is 0.136. The first kappa shape index (κ1) is 19.2. The Morgan fingerprint density at radius 3 is 2.63 bits per heavy atom. The van der Waals surface area contributed by atoms with E-state index in [1.54, 1.807) is 25.3 Å². The lowest BCUT2D eigenvalue weighted by Gasteiger charge is -2.12. The number of halogens is 1. The first-order chi connectivity index (χ1) is 13.1. The zero-order chi connectivity index (χ0) is 19.2. The number of benzene rings is 2. The predicted octanol–water partition coefficient (Wildman–Crippen LogP) is 6.19. The maximum Gasteiger partial charge on any atom is 0.195 e. The number of allylic oxidation sites excluding steroid dienone is 1. The van der Waals surface area contributed by atoms with E-state index >= 15 is 0 Å². The quantitative estimate of drug-likeness (QED) is 0.351. The molecule has 0 aliphatic carbocycles. The fourth-order valence-electron chi connectivity index (χ4n) is 2.55. The smallest absolute Gasteiger partial charge is 0.195 e. The number of ether oxygens (including phenoxy) is 2. The minimum absolute atomic E-state index is 0.00205. The zero-order valence-corrected chi connectivity index (χ0v) is 16.6. The van der Waals surface area contributed by atoms with Gasteiger partial charge in [0, 0.05) is 10.4 Å². The topological polar surface area (TPSA) is 35.5 Å². The largest absolute Gasteiger partial charge is 0.496 e. The van der Waals surface area contributed by atoms with E-state index in [1.807, 2.05) is 55.5 Å². The minimum Gasteiger partial charge on any atom is -0.496 e. The van der Waals surface area contributed by atoms with Crippen LogP contribution in [0.5, 0.6) is 11.5 Å². The maximum atomic E-state index is 12.2. The molecule has 1 aromatic heterocycles. The third-order valence-electron chi connectivity index (χ3n) is 3.93. The number of ketones is 1. The van der Waals surface area contributed by atoms with Gasteiger partial charge in [0.05, 0.1) is 17.0 Å². The molecule has 0 unspecified atom stereocenters. The molecule has 0 radical (unpaired) electrons. The van der Waals surface area contributed by atoms with Gasteiger partial charge in [-0.25, -0.2) is 0 Å². The molecule has 0 saturated heterocycles. The summed E-state index contributed by atoms with van der Waals surface area (Å²) < 4.78 is 11.2. The number of rotatable bonds is 7. The first-order valence-corrected chi connectivity index (χ1v) is 9.59. The second kappa shape index (κ2) is 8.89. The molecular weight excluding hydrogens is 380 g/mol. The van der Waals surface area contributed by atoms with Gasteiger partial charge in [-0.3, -0.25) is 4.79 Å². The highest BCUT2D eigenvalue weighted by Gasteiger charge is 2.08. The number of para-hydroxylation sites is 1. The SMILES string of the molecule is COc1ccc(/C=C/C(=O)c2ccc(C)s2)cc1COc1ccccc1Cl. The summed E-state index contributed by atoms with van der Waals surface area (Å²) in [6, 6.07) is 16.8. The average molecular weight is 399 g/mol. The van der Waals surface area contributed by atoms with Crippen LogP contribution in [0.4, 0.5) is 0 Å². The Hall–Kier alpha value is -2.56. The molecule has 3 aromatic rings. The maximum absolute atomic E-state index is 12.2. The molecule has 0 bridgehead atoms. The van der Waals surface area contributed by atoms with Crippen LogP contribution >= 0.6 is 22.9 Å². The Balaban J connectivity index is 1.75. The third kappa shape index (κ3) is 5.00. The van der Waals surface area contributed by atoms with Gasteiger partial charge in [0.25, 0.3) is 0 Å². The molecule has 5 heteroatoms. The lowest BCUT2D eigenvalue weighted by Crippen LogP contribution is -1.99. The van der Waals surface area contributed by atoms with Crippen molar-refractivity contribution in [3.05, 3.63) is 86.6 Å². The second-order valence-corrected chi connectivity index (χ2v) is 7.59. The molecule has 0 fully saturated rings. The van der Waals surface area contributed by atoms with Gasteiger partial charge in [-0.05, 0) is 55.0 Å². The van der Waals surface area contributed by atoms with Gasteiger partial charge >= 0.3 is 0 Å². The summed E-state index contributed by atoms with van der Waals surface area (Å²) in [7, 11) is 1.62. The first-order valence-electron chi connectivity index (χ1n) is 8.40. The number of hydrogen-bond acceptors (Lipinski definition) is 4. The lowest BCUT2D eigenvalue weighted by atomic mass is 10.1. The van der Waals surface area contributed by atoms with Crippen LogP contribution in [-0.2, 0) is 6.61 Å². The Morgan fingerprint density at radius 2 is 1.93 bits per heavy atom. The van der Waals surface area contributed by atoms with Gasteiger partial charge in [-0.15, -0.1) is 11.3 Å². The number of carbonyl (C=O) groups is 1. The second-order valence-electron chi connectivity index (χ2n) is 5.90. The van der Waals surface area contributed by atoms with Crippen LogP contribution in [0.25, 0.3) is 6.08 Å². The van der Waals surface area contributed by atoms with Crippen molar-refractivity contribution in [2.75, 3.05) is 7.11 Å². The van der Waals surface area contributed by atoms with Crippen LogP contribution in [0.15, 0.2) is 60.7 Å². The van der Waals surface area contributed by atoms with E-state index in [0.717, 1.165) is 26.6 Å². The molecule has 3 nitrogen and oxygen atoms in total. The highest BCUT2D eigenvalue weighted by molar-refractivity contribution is 7.14. The van der Waals surface area contributed by atoms with Gasteiger partial charge in [-0.2, -0.15) is 0 Å². The summed E-state index contributed by atoms with van der Waals surface area (Å²) in [5.41, 5.74) is 1.77. The fourth-order valence-corrected chi connectivity index (χ4v) is 3.53. The lowest BCUT2D eigenvalue weighted by molar-refractivity contribution is 0.105. The molecule has 3 rings (SSSR count). The molecule has 27 heavy (non-hydrogen) atoms. The minimum atomic E-state index is -0.00205. The van der Waals surface area contributed by atoms with Gasteiger partial charge in [0.2, 0.25) is 0 Å². The van der Waals surface area contributed by atoms with Crippen LogP contribution in [-0.4, -0.2) is 12.9 Å². The van der Waals surface area contributed by atoms with E-state index in [9.17, 15) is 4.79 Å². The Morgan fingerprint density at radius 1 is 1.11 bits per heavy atom. The Kier molecular flexibility index (Phi) is 6.32. The third-order valence-corrected chi connectivity index (χ3v) is 5.26. The number of methoxy groups -OCH3 is 1. The highest BCUT2D eigenvalue weighted by atomic mass is 35.5. The van der Waals surface area contributed by atoms with Crippen LogP contribution in [0, 0.1) is 6.92 Å². The molecule has 138 valence electrons. The van der Waals surface area contributed by atoms with E-state index in [4.69, 9.17) is 21.1 Å². The summed E-state index contributed by atoms with van der Waals surface area (Å²) in [5.74, 6) is 1.34. The van der Waals surface area contributed by atoms with Crippen molar-refractivity contribution < 1.29 is 14.3 Å². The van der Waals surface area contributed by atoms with Gasteiger partial charge in [0.1, 0.15) is 18.1 Å². The van der Waals surface area contributed by atoms with Crippen molar-refractivity contribution in [2.45, 2.75) is 13.5 Å². The van der Waals surface area contributed by atoms with Crippen LogP contribution in [0.2, 0.25) is 5.02 Å². The molecule has 0 amide bonds. The molecule has 1 heterocycles. The standard InChI is InChI=1S/C22H19ClO3S/c1-15-7-12-22(27-15)19(24)10-8-16-9-11-20(25-2)17(13-16)14-26-21-6-4-3-5-18(21)23/h3-13H,14H2,1-2H3/b10-8+. The Labute approximate surface area is 167 Å². The van der Waals surface area contributed by atoms with Crippen LogP contribution in [0.3, 0.4) is 0 Å². The number of thiophene rings is 1. The molecule has 0 saturated carbocycles. The van der Waals surface area contributed by atoms with E-state index in [-0.39, 0.29) is 5.78 Å². The van der Waals surface area contributed by atoms with Gasteiger partial charge in [0.15, 0.2) is 5.78 Å². The summed E-state index contributed by atoms with van der Waals surface area (Å²) in [6.07, 6.45) is 3.39. The summed E-state index contributed by atoms with van der Waals surface area (Å²) in [4.78, 5) is 14.1. The Bertz CT molecular complexity index is 975. The summed E-state index contributed by atoms with van der Waals surface area (Å²) in [6.45, 7) is 2.30. The monoisotopic (exact) mass is 398 g/mol. The molecule has 2 aromatic carbocycles. The predicted molar refractivity (Wildman–Crippen MR) is 111 cm³/mol. The van der Waals surface area contributed by atoms with E-state index in [2.05, 4.69) is 0 Å². The highest BCUT2D eigenvalue weighted by Crippen LogP contribution is 2.27. The molecule has 0 aliphatic heterocycles. The van der Waals surface area contributed by atoms with E-state index in [0.29, 0.717) is 17.4 Å². The average Bonchev–Trinajstić information content (AvgIpc) is 3.12. The molecule has 0 atom stereocenters. The summed E-state index contributed by atoms with van der Waals surface area (Å²) in [5, 5.41) is 0.560. The van der Waals surface area contributed by atoms with Crippen molar-refractivity contribution in [1.82, 2.24) is 0 Å². The zero-order valence-electron chi connectivity index (χ0n) is 15.1. The number of carbonyl (C=O) groups excluding carboxylic acids is 1. The van der Waals surface area contributed by atoms with Crippen molar-refractivity contribution in [2.24, 2.45) is 0 Å². The molecular formula is C22H19ClO3S. The summed E-state index contributed by atoms with van der Waals surface area (Å²) >= 11 is 7.63. The van der Waals surface area contributed by atoms with Crippen molar-refractivity contribution in [3.8, 4) is 11.5 Å². The van der Waals surface area contributed by atoms with Gasteiger partial charge in [-0.1, -0.05) is 35.9 Å². The van der Waals surface area contributed by atoms with Gasteiger partial charge < -0.3 is 9.47 Å². The van der Waals surface area contributed by atoms with E-state index < -0.39 is 0 Å². The van der Waals surface area contributed by atoms with Crippen molar-refractivity contribution >= 4 is 34.8 Å². The molecule has 0 spiro atoms. The molecule has 0 aliphatic rings. The number of aryl methyl sites for hydroxylation is 1. The molecule has 0 N–H and O–H groups in total. The number of hydrogen-bond donors (Lipinski definition) is 0. The van der Waals surface area contributed by atoms with Crippen LogP contribution < -0.4 is 9.47 Å². The van der Waals surface area contributed by atoms with Crippen molar-refractivity contribution in [3.63, 3.8) is 0 Å². The normalized spacial score (nSPS) is 10.9. The van der Waals surface area contributed by atoms with Crippen LogP contribution in [0.1, 0.15) is 25.7 Å². The van der Waals surface area contributed by atoms with E-state index in [1.165, 1.54) is 11.3 Å². The van der Waals surface area contributed by atoms with Crippen molar-refractivity contribution in [1.29, 1.82) is 0 Å².